The second-order valence-electron chi connectivity index (χ2n) is 7.54. The number of hydrogen-bond donors (Lipinski definition) is 0. The minimum absolute atomic E-state index is 0.0811. The van der Waals surface area contributed by atoms with E-state index in [4.69, 9.17) is 5.10 Å². The average Bonchev–Trinajstić information content (AvgIpc) is 2.96. The van der Waals surface area contributed by atoms with E-state index in [9.17, 15) is 10.1 Å². The molecule has 128 valence electrons. The van der Waals surface area contributed by atoms with Crippen LogP contribution in [0.2, 0.25) is 0 Å². The Kier molecular flexibility index (Phi) is 3.81. The van der Waals surface area contributed by atoms with Gasteiger partial charge in [0.15, 0.2) is 5.78 Å². The quantitative estimate of drug-likeness (QED) is 0.741. The number of ketones is 1. The van der Waals surface area contributed by atoms with Crippen LogP contribution in [0.5, 0.6) is 0 Å². The highest BCUT2D eigenvalue weighted by Gasteiger charge is 2.53. The van der Waals surface area contributed by atoms with Gasteiger partial charge in [0.05, 0.1) is 17.5 Å². The third-order valence-corrected chi connectivity index (χ3v) is 6.94. The van der Waals surface area contributed by atoms with Gasteiger partial charge < -0.3 is 0 Å². The molecule has 1 saturated carbocycles. The molecular formula is C20H22N3OP. The van der Waals surface area contributed by atoms with Gasteiger partial charge in [-0.3, -0.25) is 9.48 Å². The van der Waals surface area contributed by atoms with E-state index in [1.165, 1.54) is 16.8 Å². The topological polar surface area (TPSA) is 58.7 Å². The molecule has 5 atom stereocenters. The van der Waals surface area contributed by atoms with Crippen molar-refractivity contribution in [2.45, 2.75) is 37.3 Å². The van der Waals surface area contributed by atoms with Crippen molar-refractivity contribution in [3.8, 4) is 17.3 Å². The SMILES string of the molecule is Cn1nc2c(c1-c1ccccc1)CC[C@H]1[C@H](P)C(=O)C(C#N)C[C@]21C. The van der Waals surface area contributed by atoms with E-state index >= 15 is 0 Å². The molecule has 0 amide bonds. The molecule has 1 aromatic carbocycles. The highest BCUT2D eigenvalue weighted by atomic mass is 31.0. The second-order valence-corrected chi connectivity index (χ2v) is 8.26. The van der Waals surface area contributed by atoms with E-state index in [1.54, 1.807) is 0 Å². The summed E-state index contributed by atoms with van der Waals surface area (Å²) in [5, 5.41) is 14.4. The lowest BCUT2D eigenvalue weighted by Gasteiger charge is -2.47. The summed E-state index contributed by atoms with van der Waals surface area (Å²) in [7, 11) is 4.70. The van der Waals surface area contributed by atoms with Gasteiger partial charge in [-0.2, -0.15) is 10.4 Å². The molecule has 25 heavy (non-hydrogen) atoms. The Morgan fingerprint density at radius 3 is 2.76 bits per heavy atom. The number of carbonyl (C=O) groups excluding carboxylic acids is 1. The largest absolute Gasteiger partial charge is 0.298 e. The van der Waals surface area contributed by atoms with Gasteiger partial charge in [0, 0.05) is 29.2 Å². The van der Waals surface area contributed by atoms with E-state index in [2.05, 4.69) is 34.4 Å². The summed E-state index contributed by atoms with van der Waals surface area (Å²) < 4.78 is 1.98. The molecule has 4 rings (SSSR count). The zero-order chi connectivity index (χ0) is 17.8. The van der Waals surface area contributed by atoms with Crippen LogP contribution in [0.4, 0.5) is 0 Å². The first-order chi connectivity index (χ1) is 12.0. The molecule has 1 fully saturated rings. The highest BCUT2D eigenvalue weighted by Crippen LogP contribution is 2.53. The van der Waals surface area contributed by atoms with Crippen LogP contribution < -0.4 is 0 Å². The molecular weight excluding hydrogens is 329 g/mol. The van der Waals surface area contributed by atoms with Crippen molar-refractivity contribution >= 4 is 15.0 Å². The molecule has 0 aliphatic heterocycles. The number of nitriles is 1. The monoisotopic (exact) mass is 351 g/mol. The van der Waals surface area contributed by atoms with E-state index in [0.29, 0.717) is 6.42 Å². The molecule has 0 radical (unpaired) electrons. The number of fused-ring (bicyclic) bond motifs is 3. The summed E-state index contributed by atoms with van der Waals surface area (Å²) in [5.41, 5.74) is 4.34. The Balaban J connectivity index is 1.87. The Morgan fingerprint density at radius 2 is 2.08 bits per heavy atom. The summed E-state index contributed by atoms with van der Waals surface area (Å²) in [5.74, 6) is -0.213. The summed E-state index contributed by atoms with van der Waals surface area (Å²) in [6.45, 7) is 2.20. The van der Waals surface area contributed by atoms with Gasteiger partial charge in [0.2, 0.25) is 0 Å². The fraction of sp³-hybridized carbons (Fsp3) is 0.450. The number of benzene rings is 1. The lowest BCUT2D eigenvalue weighted by Crippen LogP contribution is -2.51. The smallest absolute Gasteiger partial charge is 0.157 e. The van der Waals surface area contributed by atoms with Crippen molar-refractivity contribution in [2.24, 2.45) is 18.9 Å². The summed E-state index contributed by atoms with van der Waals surface area (Å²) in [4.78, 5) is 12.5. The van der Waals surface area contributed by atoms with Crippen LogP contribution in [0.15, 0.2) is 30.3 Å². The minimum atomic E-state index is -0.531. The normalized spacial score (nSPS) is 31.1. The van der Waals surface area contributed by atoms with Crippen LogP contribution in [0, 0.1) is 23.2 Å². The summed E-state index contributed by atoms with van der Waals surface area (Å²) in [6.07, 6.45) is 2.48. The van der Waals surface area contributed by atoms with Gasteiger partial charge in [-0.05, 0) is 25.2 Å². The zero-order valence-electron chi connectivity index (χ0n) is 14.6. The average molecular weight is 351 g/mol. The van der Waals surface area contributed by atoms with Crippen LogP contribution in [0.25, 0.3) is 11.3 Å². The van der Waals surface area contributed by atoms with Crippen molar-refractivity contribution in [1.29, 1.82) is 5.26 Å². The second kappa shape index (κ2) is 5.78. The third-order valence-electron chi connectivity index (χ3n) is 6.15. The van der Waals surface area contributed by atoms with Crippen LogP contribution in [0.3, 0.4) is 0 Å². The fourth-order valence-electron chi connectivity index (χ4n) is 4.90. The van der Waals surface area contributed by atoms with Crippen LogP contribution >= 0.6 is 9.24 Å². The molecule has 0 saturated heterocycles. The molecule has 1 aromatic heterocycles. The van der Waals surface area contributed by atoms with Crippen LogP contribution in [-0.2, 0) is 23.7 Å². The number of aryl methyl sites for hydroxylation is 1. The lowest BCUT2D eigenvalue weighted by molar-refractivity contribution is -0.125. The van der Waals surface area contributed by atoms with E-state index in [1.807, 2.05) is 29.9 Å². The predicted molar refractivity (Wildman–Crippen MR) is 100 cm³/mol. The molecule has 1 heterocycles. The first-order valence-corrected chi connectivity index (χ1v) is 9.44. The van der Waals surface area contributed by atoms with Crippen LogP contribution in [-0.4, -0.2) is 21.2 Å². The number of aromatic nitrogens is 2. The molecule has 0 N–H and O–H groups in total. The molecule has 4 nitrogen and oxygen atoms in total. The number of rotatable bonds is 1. The summed E-state index contributed by atoms with van der Waals surface area (Å²) in [6, 6.07) is 12.6. The number of Topliss-reactive ketones (excluding diaryl/α,β-unsaturated/α-hetero) is 1. The molecule has 0 spiro atoms. The van der Waals surface area contributed by atoms with Gasteiger partial charge in [0.1, 0.15) is 5.92 Å². The molecule has 2 aliphatic carbocycles. The molecule has 2 aliphatic rings. The van der Waals surface area contributed by atoms with Gasteiger partial charge >= 0.3 is 0 Å². The van der Waals surface area contributed by atoms with Gasteiger partial charge in [-0.25, -0.2) is 0 Å². The number of hydrogen-bond acceptors (Lipinski definition) is 3. The Labute approximate surface area is 150 Å². The van der Waals surface area contributed by atoms with Crippen molar-refractivity contribution in [3.05, 3.63) is 41.6 Å². The van der Waals surface area contributed by atoms with Gasteiger partial charge in [0.25, 0.3) is 0 Å². The summed E-state index contributed by atoms with van der Waals surface area (Å²) >= 11 is 0. The molecule has 0 bridgehead atoms. The Bertz CT molecular complexity index is 882. The molecule has 2 aromatic rings. The highest BCUT2D eigenvalue weighted by molar-refractivity contribution is 7.19. The number of carbonyl (C=O) groups is 1. The fourth-order valence-corrected chi connectivity index (χ4v) is 5.75. The van der Waals surface area contributed by atoms with Crippen molar-refractivity contribution in [3.63, 3.8) is 0 Å². The minimum Gasteiger partial charge on any atom is -0.298 e. The molecule has 2 unspecified atom stereocenters. The zero-order valence-corrected chi connectivity index (χ0v) is 15.7. The predicted octanol–water partition coefficient (Wildman–Crippen LogP) is 3.26. The van der Waals surface area contributed by atoms with Crippen molar-refractivity contribution in [1.82, 2.24) is 9.78 Å². The van der Waals surface area contributed by atoms with E-state index in [0.717, 1.165) is 18.5 Å². The van der Waals surface area contributed by atoms with Gasteiger partial charge in [-0.1, -0.05) is 37.3 Å². The first kappa shape index (κ1) is 16.5. The first-order valence-electron chi connectivity index (χ1n) is 8.78. The maximum atomic E-state index is 12.5. The molecule has 5 heteroatoms. The number of nitrogens with zero attached hydrogens (tertiary/aromatic N) is 3. The standard InChI is InChI=1S/C20H22N3OP/c1-20-10-13(11-21)17(24)18(25)15(20)9-8-14-16(23(2)22-19(14)20)12-6-4-3-5-7-12/h3-7,13,15,18H,8-10,25H2,1-2H3/t13?,15-,18-,20-/m0/s1. The maximum absolute atomic E-state index is 12.5. The Hall–Kier alpha value is -1.98. The van der Waals surface area contributed by atoms with Crippen molar-refractivity contribution in [2.75, 3.05) is 0 Å². The third kappa shape index (κ3) is 2.29. The van der Waals surface area contributed by atoms with E-state index in [-0.39, 0.29) is 22.8 Å². The van der Waals surface area contributed by atoms with Gasteiger partial charge in [-0.15, -0.1) is 9.24 Å². The lowest BCUT2D eigenvalue weighted by atomic mass is 9.57. The van der Waals surface area contributed by atoms with E-state index < -0.39 is 5.92 Å². The van der Waals surface area contributed by atoms with Crippen LogP contribution in [0.1, 0.15) is 31.0 Å². The maximum Gasteiger partial charge on any atom is 0.157 e. The Morgan fingerprint density at radius 1 is 1.36 bits per heavy atom. The van der Waals surface area contributed by atoms with Crippen molar-refractivity contribution < 1.29 is 4.79 Å².